The number of carbonyl (C=O) groups is 1. The first kappa shape index (κ1) is 24.6. The van der Waals surface area contributed by atoms with Gasteiger partial charge in [-0.05, 0) is 63.6 Å². The molecule has 10 heteroatoms. The molecular weight excluding hydrogens is 443 g/mol. The van der Waals surface area contributed by atoms with Crippen molar-refractivity contribution >= 4 is 22.8 Å². The van der Waals surface area contributed by atoms with E-state index in [4.69, 9.17) is 9.47 Å². The van der Waals surface area contributed by atoms with Crippen LogP contribution in [0.3, 0.4) is 0 Å². The number of carboxylic acids is 1. The lowest BCUT2D eigenvalue weighted by atomic mass is 9.79. The molecule has 2 aliphatic rings. The molecule has 34 heavy (non-hydrogen) atoms. The van der Waals surface area contributed by atoms with Crippen LogP contribution < -0.4 is 15.6 Å². The Morgan fingerprint density at radius 1 is 1.26 bits per heavy atom. The van der Waals surface area contributed by atoms with Gasteiger partial charge in [-0.3, -0.25) is 4.79 Å². The smallest absolute Gasteiger partial charge is 0.341 e. The number of hydrogen-bond acceptors (Lipinski definition) is 7. The molecule has 0 aromatic carbocycles. The van der Waals surface area contributed by atoms with E-state index in [1.165, 1.54) is 26.1 Å². The molecule has 2 aliphatic heterocycles. The van der Waals surface area contributed by atoms with Crippen molar-refractivity contribution in [2.45, 2.75) is 45.4 Å². The highest BCUT2D eigenvalue weighted by Gasteiger charge is 2.29. The highest BCUT2D eigenvalue weighted by atomic mass is 19.1. The SMILES string of the molecule is COC(C)OCCn1cc(C(=O)O)c(=O)c2cc(F)c(N3CCC(C4CCNCC4)CC3)nc21. The molecular formula is C24H33FN4O5. The maximum absolute atomic E-state index is 15.2. The Morgan fingerprint density at radius 2 is 1.94 bits per heavy atom. The van der Waals surface area contributed by atoms with Gasteiger partial charge in [-0.25, -0.2) is 14.2 Å². The molecule has 2 saturated heterocycles. The van der Waals surface area contributed by atoms with Gasteiger partial charge in [0.25, 0.3) is 0 Å². The van der Waals surface area contributed by atoms with Gasteiger partial charge in [-0.2, -0.15) is 0 Å². The molecule has 0 aliphatic carbocycles. The quantitative estimate of drug-likeness (QED) is 0.560. The summed E-state index contributed by atoms with van der Waals surface area (Å²) < 4.78 is 27.3. The van der Waals surface area contributed by atoms with Crippen LogP contribution in [-0.2, 0) is 16.0 Å². The van der Waals surface area contributed by atoms with Crippen molar-refractivity contribution < 1.29 is 23.8 Å². The van der Waals surface area contributed by atoms with E-state index < -0.39 is 29.1 Å². The van der Waals surface area contributed by atoms with Gasteiger partial charge in [0.1, 0.15) is 11.2 Å². The topological polar surface area (TPSA) is 106 Å². The number of fused-ring (bicyclic) bond motifs is 1. The number of rotatable bonds is 8. The second-order valence-electron chi connectivity index (χ2n) is 9.12. The fourth-order valence-electron chi connectivity index (χ4n) is 5.10. The summed E-state index contributed by atoms with van der Waals surface area (Å²) in [4.78, 5) is 30.8. The third-order valence-corrected chi connectivity index (χ3v) is 7.12. The monoisotopic (exact) mass is 476 g/mol. The standard InChI is InChI=1S/C24H33FN4O5/c1-15(33-2)34-12-11-29-14-19(24(31)32)21(30)18-13-20(25)23(27-22(18)29)28-9-5-17(6-10-28)16-3-7-26-8-4-16/h13-17,26H,3-12H2,1-2H3,(H,31,32). The van der Waals surface area contributed by atoms with E-state index in [0.717, 1.165) is 32.0 Å². The zero-order chi connectivity index (χ0) is 24.2. The second kappa shape index (κ2) is 10.8. The molecule has 2 aromatic heterocycles. The Kier molecular flexibility index (Phi) is 7.80. The molecule has 0 radical (unpaired) electrons. The molecule has 2 aromatic rings. The molecule has 2 fully saturated rings. The van der Waals surface area contributed by atoms with Crippen LogP contribution in [0, 0.1) is 17.7 Å². The number of nitrogens with zero attached hydrogens (tertiary/aromatic N) is 3. The fraction of sp³-hybridized carbons (Fsp3) is 0.625. The molecule has 186 valence electrons. The normalized spacial score (nSPS) is 19.0. The minimum absolute atomic E-state index is 0.0504. The van der Waals surface area contributed by atoms with Gasteiger partial charge in [0.2, 0.25) is 5.43 Å². The number of ether oxygens (including phenoxy) is 2. The van der Waals surface area contributed by atoms with Crippen molar-refractivity contribution in [2.24, 2.45) is 11.8 Å². The zero-order valence-corrected chi connectivity index (χ0v) is 19.8. The van der Waals surface area contributed by atoms with E-state index in [9.17, 15) is 14.7 Å². The molecule has 4 heterocycles. The lowest BCUT2D eigenvalue weighted by Gasteiger charge is -2.38. The third-order valence-electron chi connectivity index (χ3n) is 7.12. The van der Waals surface area contributed by atoms with Crippen molar-refractivity contribution in [3.63, 3.8) is 0 Å². The maximum Gasteiger partial charge on any atom is 0.341 e. The van der Waals surface area contributed by atoms with Crippen LogP contribution in [0.5, 0.6) is 0 Å². The molecule has 9 nitrogen and oxygen atoms in total. The highest BCUT2D eigenvalue weighted by Crippen LogP contribution is 2.33. The van der Waals surface area contributed by atoms with Crippen molar-refractivity contribution in [1.82, 2.24) is 14.9 Å². The fourth-order valence-corrected chi connectivity index (χ4v) is 5.10. The van der Waals surface area contributed by atoms with E-state index in [1.807, 2.05) is 4.90 Å². The summed E-state index contributed by atoms with van der Waals surface area (Å²) in [5, 5.41) is 12.8. The number of carboxylic acid groups (broad SMARTS) is 1. The molecule has 1 atom stereocenters. The Morgan fingerprint density at radius 3 is 2.59 bits per heavy atom. The van der Waals surface area contributed by atoms with Crippen LogP contribution in [0.4, 0.5) is 10.2 Å². The van der Waals surface area contributed by atoms with Crippen LogP contribution in [-0.4, -0.2) is 66.8 Å². The number of aromatic carboxylic acids is 1. The lowest BCUT2D eigenvalue weighted by Crippen LogP contribution is -2.40. The molecule has 2 N–H and O–H groups in total. The van der Waals surface area contributed by atoms with Gasteiger partial charge in [-0.1, -0.05) is 0 Å². The van der Waals surface area contributed by atoms with E-state index >= 15 is 4.39 Å². The average molecular weight is 477 g/mol. The number of piperidine rings is 2. The number of hydrogen-bond donors (Lipinski definition) is 2. The Bertz CT molecular complexity index is 1080. The van der Waals surface area contributed by atoms with Crippen molar-refractivity contribution in [1.29, 1.82) is 0 Å². The van der Waals surface area contributed by atoms with Gasteiger partial charge < -0.3 is 29.4 Å². The van der Waals surface area contributed by atoms with Crippen LogP contribution in [0.2, 0.25) is 0 Å². The number of pyridine rings is 2. The Hall–Kier alpha value is -2.56. The predicted octanol–water partition coefficient (Wildman–Crippen LogP) is 2.46. The van der Waals surface area contributed by atoms with E-state index in [2.05, 4.69) is 10.3 Å². The van der Waals surface area contributed by atoms with E-state index in [0.29, 0.717) is 24.9 Å². The van der Waals surface area contributed by atoms with Crippen molar-refractivity contribution in [3.05, 3.63) is 33.9 Å². The molecule has 0 saturated carbocycles. The zero-order valence-electron chi connectivity index (χ0n) is 19.8. The first-order valence-electron chi connectivity index (χ1n) is 12.0. The van der Waals surface area contributed by atoms with Crippen LogP contribution in [0.15, 0.2) is 17.1 Å². The largest absolute Gasteiger partial charge is 0.477 e. The van der Waals surface area contributed by atoms with E-state index in [-0.39, 0.29) is 30.0 Å². The maximum atomic E-state index is 15.2. The second-order valence-corrected chi connectivity index (χ2v) is 9.12. The highest BCUT2D eigenvalue weighted by molar-refractivity contribution is 5.92. The molecule has 0 bridgehead atoms. The average Bonchev–Trinajstić information content (AvgIpc) is 2.85. The first-order chi connectivity index (χ1) is 16.4. The minimum atomic E-state index is -1.36. The molecule has 0 spiro atoms. The van der Waals surface area contributed by atoms with Crippen LogP contribution >= 0.6 is 0 Å². The first-order valence-corrected chi connectivity index (χ1v) is 12.0. The predicted molar refractivity (Wildman–Crippen MR) is 126 cm³/mol. The summed E-state index contributed by atoms with van der Waals surface area (Å²) in [6.07, 6.45) is 5.16. The lowest BCUT2D eigenvalue weighted by molar-refractivity contribution is -0.112. The summed E-state index contributed by atoms with van der Waals surface area (Å²) >= 11 is 0. The van der Waals surface area contributed by atoms with Crippen LogP contribution in [0.25, 0.3) is 11.0 Å². The van der Waals surface area contributed by atoms with Gasteiger partial charge in [0.15, 0.2) is 17.9 Å². The van der Waals surface area contributed by atoms with Gasteiger partial charge in [0, 0.05) is 32.9 Å². The number of aromatic nitrogens is 2. The summed E-state index contributed by atoms with van der Waals surface area (Å²) in [5.74, 6) is -0.414. The number of anilines is 1. The van der Waals surface area contributed by atoms with Crippen LogP contribution in [0.1, 0.15) is 43.0 Å². The van der Waals surface area contributed by atoms with Crippen molar-refractivity contribution in [3.8, 4) is 0 Å². The van der Waals surface area contributed by atoms with Gasteiger partial charge >= 0.3 is 5.97 Å². The summed E-state index contributed by atoms with van der Waals surface area (Å²) in [6, 6.07) is 1.13. The summed E-state index contributed by atoms with van der Waals surface area (Å²) in [7, 11) is 1.52. The van der Waals surface area contributed by atoms with Gasteiger partial charge in [-0.15, -0.1) is 0 Å². The molecule has 1 unspecified atom stereocenters. The number of nitrogens with one attached hydrogen (secondary N) is 1. The number of halogens is 1. The number of methoxy groups -OCH3 is 1. The van der Waals surface area contributed by atoms with Crippen molar-refractivity contribution in [2.75, 3.05) is 44.8 Å². The van der Waals surface area contributed by atoms with Gasteiger partial charge in [0.05, 0.1) is 12.0 Å². The molecule has 0 amide bonds. The summed E-state index contributed by atoms with van der Waals surface area (Å²) in [6.45, 7) is 5.73. The van der Waals surface area contributed by atoms with E-state index in [1.54, 1.807) is 11.5 Å². The third kappa shape index (κ3) is 5.24. The summed E-state index contributed by atoms with van der Waals surface area (Å²) in [5.41, 5.74) is -0.919. The Labute approximate surface area is 197 Å². The Balaban J connectivity index is 1.61. The minimum Gasteiger partial charge on any atom is -0.477 e. The molecule has 4 rings (SSSR count).